The molecule has 8 heteroatoms. The molecule has 2 fully saturated rings. The van der Waals surface area contributed by atoms with Gasteiger partial charge in [-0.2, -0.15) is 0 Å². The van der Waals surface area contributed by atoms with Crippen LogP contribution in [-0.2, 0) is 4.79 Å². The van der Waals surface area contributed by atoms with Crippen LogP contribution in [0.25, 0.3) is 0 Å². The van der Waals surface area contributed by atoms with Crippen molar-refractivity contribution in [2.75, 3.05) is 37.6 Å². The summed E-state index contributed by atoms with van der Waals surface area (Å²) in [6.45, 7) is 8.70. The standard InChI is InChI=1S/C23H26ClFN4O2/c1-13-8-14(2)21(26-11-13)28-4-6-29(7-5-28)23(31)16-10-19(25)17(9-18(16)24)20-15(3)12-27-22(20)30/h8-11,15,20H,4-7,12H2,1-3H3,(H,27,30)/t15?,20-/m1/s1. The largest absolute Gasteiger partial charge is 0.355 e. The maximum atomic E-state index is 14.9. The van der Waals surface area contributed by atoms with E-state index in [4.69, 9.17) is 11.6 Å². The number of benzene rings is 1. The highest BCUT2D eigenvalue weighted by molar-refractivity contribution is 6.34. The minimum absolute atomic E-state index is 0.0356. The summed E-state index contributed by atoms with van der Waals surface area (Å²) in [6.07, 6.45) is 1.84. The van der Waals surface area contributed by atoms with Gasteiger partial charge in [-0.25, -0.2) is 9.37 Å². The molecule has 0 aliphatic carbocycles. The third-order valence-corrected chi connectivity index (χ3v) is 6.47. The molecule has 6 nitrogen and oxygen atoms in total. The Kier molecular flexibility index (Phi) is 5.88. The monoisotopic (exact) mass is 444 g/mol. The van der Waals surface area contributed by atoms with E-state index in [1.807, 2.05) is 27.0 Å². The van der Waals surface area contributed by atoms with Crippen molar-refractivity contribution in [3.8, 4) is 0 Å². The first kappa shape index (κ1) is 21.6. The van der Waals surface area contributed by atoms with E-state index in [2.05, 4.69) is 21.3 Å². The predicted octanol–water partition coefficient (Wildman–Crippen LogP) is 3.30. The second kappa shape index (κ2) is 8.46. The third kappa shape index (κ3) is 4.11. The van der Waals surface area contributed by atoms with Crippen molar-refractivity contribution < 1.29 is 14.0 Å². The Labute approximate surface area is 186 Å². The van der Waals surface area contributed by atoms with E-state index in [1.165, 1.54) is 12.1 Å². The van der Waals surface area contributed by atoms with Crippen molar-refractivity contribution >= 4 is 29.2 Å². The Morgan fingerprint density at radius 2 is 1.90 bits per heavy atom. The minimum atomic E-state index is -0.588. The number of hydrogen-bond acceptors (Lipinski definition) is 4. The van der Waals surface area contributed by atoms with E-state index in [-0.39, 0.29) is 33.9 Å². The summed E-state index contributed by atoms with van der Waals surface area (Å²) in [7, 11) is 0. The van der Waals surface area contributed by atoms with Gasteiger partial charge in [0, 0.05) is 44.5 Å². The zero-order chi connectivity index (χ0) is 22.3. The van der Waals surface area contributed by atoms with Gasteiger partial charge in [0.25, 0.3) is 5.91 Å². The molecule has 0 radical (unpaired) electrons. The molecular weight excluding hydrogens is 419 g/mol. The van der Waals surface area contributed by atoms with Gasteiger partial charge in [0.05, 0.1) is 16.5 Å². The summed E-state index contributed by atoms with van der Waals surface area (Å²) in [5.41, 5.74) is 2.59. The molecule has 164 valence electrons. The summed E-state index contributed by atoms with van der Waals surface area (Å²) >= 11 is 6.38. The van der Waals surface area contributed by atoms with Crippen LogP contribution in [0.3, 0.4) is 0 Å². The summed E-state index contributed by atoms with van der Waals surface area (Å²) in [6, 6.07) is 4.71. The first-order chi connectivity index (χ1) is 14.8. The van der Waals surface area contributed by atoms with E-state index in [1.54, 1.807) is 4.90 Å². The van der Waals surface area contributed by atoms with Gasteiger partial charge < -0.3 is 15.1 Å². The van der Waals surface area contributed by atoms with Gasteiger partial charge in [0.15, 0.2) is 0 Å². The Morgan fingerprint density at radius 1 is 1.19 bits per heavy atom. The van der Waals surface area contributed by atoms with Gasteiger partial charge >= 0.3 is 0 Å². The van der Waals surface area contributed by atoms with Gasteiger partial charge in [0.2, 0.25) is 5.91 Å². The van der Waals surface area contributed by atoms with Crippen LogP contribution in [0.5, 0.6) is 0 Å². The number of carbonyl (C=O) groups excluding carboxylic acids is 2. The highest BCUT2D eigenvalue weighted by Gasteiger charge is 2.36. The topological polar surface area (TPSA) is 65.5 Å². The number of amides is 2. The summed E-state index contributed by atoms with van der Waals surface area (Å²) < 4.78 is 14.9. The SMILES string of the molecule is Cc1cnc(N2CCN(C(=O)c3cc(F)c([C@@H]4C(=O)NCC4C)cc3Cl)CC2)c(C)c1. The van der Waals surface area contributed by atoms with Crippen LogP contribution in [0.2, 0.25) is 5.02 Å². The van der Waals surface area contributed by atoms with E-state index >= 15 is 0 Å². The second-order valence-electron chi connectivity index (χ2n) is 8.49. The number of aryl methyl sites for hydroxylation is 2. The molecule has 2 saturated heterocycles. The predicted molar refractivity (Wildman–Crippen MR) is 118 cm³/mol. The molecule has 2 aromatic rings. The lowest BCUT2D eigenvalue weighted by Crippen LogP contribution is -2.49. The van der Waals surface area contributed by atoms with E-state index in [9.17, 15) is 14.0 Å². The minimum Gasteiger partial charge on any atom is -0.355 e. The Bertz CT molecular complexity index is 1040. The van der Waals surface area contributed by atoms with Crippen LogP contribution in [0.15, 0.2) is 24.4 Å². The molecule has 1 aromatic carbocycles. The first-order valence-corrected chi connectivity index (χ1v) is 10.9. The van der Waals surface area contributed by atoms with Crippen LogP contribution >= 0.6 is 11.6 Å². The number of carbonyl (C=O) groups is 2. The van der Waals surface area contributed by atoms with Crippen molar-refractivity contribution in [1.29, 1.82) is 0 Å². The van der Waals surface area contributed by atoms with E-state index in [0.29, 0.717) is 32.7 Å². The fourth-order valence-corrected chi connectivity index (χ4v) is 4.74. The zero-order valence-electron chi connectivity index (χ0n) is 17.9. The summed E-state index contributed by atoms with van der Waals surface area (Å²) in [4.78, 5) is 33.5. The number of rotatable bonds is 3. The Hall–Kier alpha value is -2.67. The molecule has 0 bridgehead atoms. The lowest BCUT2D eigenvalue weighted by atomic mass is 9.88. The van der Waals surface area contributed by atoms with Crippen LogP contribution in [0.1, 0.15) is 39.9 Å². The van der Waals surface area contributed by atoms with Crippen molar-refractivity contribution in [2.45, 2.75) is 26.7 Å². The molecule has 0 spiro atoms. The summed E-state index contributed by atoms with van der Waals surface area (Å²) in [5.74, 6) is -0.776. The maximum absolute atomic E-state index is 14.9. The lowest BCUT2D eigenvalue weighted by molar-refractivity contribution is -0.120. The number of piperazine rings is 1. The molecular formula is C23H26ClFN4O2. The van der Waals surface area contributed by atoms with Crippen LogP contribution in [0, 0.1) is 25.6 Å². The average Bonchev–Trinajstić information content (AvgIpc) is 3.07. The molecule has 1 aromatic heterocycles. The van der Waals surface area contributed by atoms with Crippen molar-refractivity contribution in [2.24, 2.45) is 5.92 Å². The van der Waals surface area contributed by atoms with Gasteiger partial charge in [-0.3, -0.25) is 9.59 Å². The van der Waals surface area contributed by atoms with Crippen molar-refractivity contribution in [1.82, 2.24) is 15.2 Å². The third-order valence-electron chi connectivity index (χ3n) is 6.16. The number of aromatic nitrogens is 1. The molecule has 2 amide bonds. The molecule has 2 atom stereocenters. The molecule has 4 rings (SSSR count). The first-order valence-electron chi connectivity index (χ1n) is 10.5. The summed E-state index contributed by atoms with van der Waals surface area (Å²) in [5, 5.41) is 2.92. The molecule has 0 saturated carbocycles. The van der Waals surface area contributed by atoms with Gasteiger partial charge in [-0.05, 0) is 43.0 Å². The molecule has 1 N–H and O–H groups in total. The Morgan fingerprint density at radius 3 is 2.52 bits per heavy atom. The lowest BCUT2D eigenvalue weighted by Gasteiger charge is -2.36. The zero-order valence-corrected chi connectivity index (χ0v) is 18.7. The quantitative estimate of drug-likeness (QED) is 0.788. The van der Waals surface area contributed by atoms with Gasteiger partial charge in [0.1, 0.15) is 11.6 Å². The highest BCUT2D eigenvalue weighted by Crippen LogP contribution is 2.34. The molecule has 2 aliphatic heterocycles. The fourth-order valence-electron chi connectivity index (χ4n) is 4.49. The highest BCUT2D eigenvalue weighted by atomic mass is 35.5. The van der Waals surface area contributed by atoms with Crippen LogP contribution in [0.4, 0.5) is 10.2 Å². The number of halogens is 2. The second-order valence-corrected chi connectivity index (χ2v) is 8.89. The molecule has 2 aliphatic rings. The Balaban J connectivity index is 1.49. The van der Waals surface area contributed by atoms with Crippen molar-refractivity contribution in [3.05, 3.63) is 57.5 Å². The van der Waals surface area contributed by atoms with Gasteiger partial charge in [-0.1, -0.05) is 24.6 Å². The smallest absolute Gasteiger partial charge is 0.255 e. The average molecular weight is 445 g/mol. The fraction of sp³-hybridized carbons (Fsp3) is 0.435. The molecule has 3 heterocycles. The van der Waals surface area contributed by atoms with Crippen LogP contribution < -0.4 is 10.2 Å². The number of hydrogen-bond donors (Lipinski definition) is 1. The van der Waals surface area contributed by atoms with Crippen LogP contribution in [-0.4, -0.2) is 54.4 Å². The number of anilines is 1. The van der Waals surface area contributed by atoms with Crippen molar-refractivity contribution in [3.63, 3.8) is 0 Å². The number of nitrogens with zero attached hydrogens (tertiary/aromatic N) is 3. The molecule has 31 heavy (non-hydrogen) atoms. The maximum Gasteiger partial charge on any atom is 0.255 e. The number of pyridine rings is 1. The molecule has 1 unspecified atom stereocenters. The van der Waals surface area contributed by atoms with E-state index < -0.39 is 11.7 Å². The number of nitrogens with one attached hydrogen (secondary N) is 1. The van der Waals surface area contributed by atoms with E-state index in [0.717, 1.165) is 16.9 Å². The normalized spacial score (nSPS) is 21.4. The van der Waals surface area contributed by atoms with Gasteiger partial charge in [-0.15, -0.1) is 0 Å².